The molecule has 0 aliphatic carbocycles. The van der Waals surface area contributed by atoms with Gasteiger partial charge in [-0.3, -0.25) is 9.69 Å². The molecule has 5 heteroatoms. The van der Waals surface area contributed by atoms with Crippen molar-refractivity contribution in [1.29, 1.82) is 0 Å². The number of carbonyl (C=O) groups excluding carboxylic acids is 1. The molecule has 1 aromatic rings. The van der Waals surface area contributed by atoms with Gasteiger partial charge in [-0.25, -0.2) is 4.98 Å². The number of nitrogens with one attached hydrogen (secondary N) is 2. The number of hydrogen-bond donors (Lipinski definition) is 2. The van der Waals surface area contributed by atoms with Crippen LogP contribution in [0.15, 0.2) is 18.3 Å². The normalized spacial score (nSPS) is 19.6. The van der Waals surface area contributed by atoms with Crippen LogP contribution < -0.4 is 10.6 Å². The maximum atomic E-state index is 11.7. The van der Waals surface area contributed by atoms with Gasteiger partial charge < -0.3 is 10.6 Å². The Bertz CT molecular complexity index is 432. The molecule has 0 bridgehead atoms. The van der Waals surface area contributed by atoms with E-state index in [0.717, 1.165) is 44.8 Å². The van der Waals surface area contributed by atoms with Crippen molar-refractivity contribution in [3.8, 4) is 0 Å². The van der Waals surface area contributed by atoms with Gasteiger partial charge in [0, 0.05) is 32.9 Å². The van der Waals surface area contributed by atoms with Crippen molar-refractivity contribution >= 4 is 11.7 Å². The molecule has 0 spiro atoms. The van der Waals surface area contributed by atoms with Gasteiger partial charge in [0.05, 0.1) is 5.92 Å². The summed E-state index contributed by atoms with van der Waals surface area (Å²) in [5.74, 6) is 1.20. The Labute approximate surface area is 120 Å². The lowest BCUT2D eigenvalue weighted by Gasteiger charge is -2.31. The first-order valence-electron chi connectivity index (χ1n) is 7.35. The van der Waals surface area contributed by atoms with Gasteiger partial charge in [0.1, 0.15) is 5.82 Å². The molecule has 2 N–H and O–H groups in total. The molecule has 2 heterocycles. The van der Waals surface area contributed by atoms with Crippen LogP contribution in [0.25, 0.3) is 0 Å². The fourth-order valence-electron chi connectivity index (χ4n) is 2.68. The smallest absolute Gasteiger partial charge is 0.224 e. The average Bonchev–Trinajstić information content (AvgIpc) is 2.49. The largest absolute Gasteiger partial charge is 0.370 e. The highest BCUT2D eigenvalue weighted by atomic mass is 16.1. The van der Waals surface area contributed by atoms with Crippen LogP contribution in [-0.4, -0.2) is 42.5 Å². The molecule has 1 fully saturated rings. The van der Waals surface area contributed by atoms with E-state index in [1.807, 2.05) is 12.3 Å². The number of amides is 1. The molecule has 1 amide bonds. The second-order valence-electron chi connectivity index (χ2n) is 5.27. The fourth-order valence-corrected chi connectivity index (χ4v) is 2.68. The second kappa shape index (κ2) is 7.24. The van der Waals surface area contributed by atoms with E-state index in [4.69, 9.17) is 0 Å². The molecule has 0 aromatic carbocycles. The third-order valence-corrected chi connectivity index (χ3v) is 3.71. The van der Waals surface area contributed by atoms with Gasteiger partial charge in [-0.2, -0.15) is 0 Å². The van der Waals surface area contributed by atoms with Crippen molar-refractivity contribution in [3.05, 3.63) is 23.9 Å². The zero-order chi connectivity index (χ0) is 14.4. The zero-order valence-corrected chi connectivity index (χ0v) is 12.4. The minimum Gasteiger partial charge on any atom is -0.370 e. The summed E-state index contributed by atoms with van der Waals surface area (Å²) in [5, 5.41) is 5.94. The molecule has 110 valence electrons. The molecular weight excluding hydrogens is 252 g/mol. The topological polar surface area (TPSA) is 57.3 Å². The van der Waals surface area contributed by atoms with E-state index in [-0.39, 0.29) is 11.8 Å². The first-order chi connectivity index (χ1) is 9.72. The third kappa shape index (κ3) is 3.93. The number of likely N-dealkylation sites (tertiary alicyclic amines) is 1. The van der Waals surface area contributed by atoms with E-state index in [9.17, 15) is 4.79 Å². The van der Waals surface area contributed by atoms with Gasteiger partial charge >= 0.3 is 0 Å². The summed E-state index contributed by atoms with van der Waals surface area (Å²) in [6, 6.07) is 4.12. The van der Waals surface area contributed by atoms with E-state index < -0.39 is 0 Å². The van der Waals surface area contributed by atoms with Crippen molar-refractivity contribution in [2.24, 2.45) is 5.92 Å². The first kappa shape index (κ1) is 14.8. The predicted octanol–water partition coefficient (Wildman–Crippen LogP) is 1.47. The number of nitrogens with zero attached hydrogens (tertiary/aromatic N) is 2. The number of piperidine rings is 1. The molecule has 0 saturated carbocycles. The van der Waals surface area contributed by atoms with Gasteiger partial charge in [0.15, 0.2) is 0 Å². The summed E-state index contributed by atoms with van der Waals surface area (Å²) in [7, 11) is 1.71. The first-order valence-corrected chi connectivity index (χ1v) is 7.35. The van der Waals surface area contributed by atoms with Gasteiger partial charge in [0.25, 0.3) is 0 Å². The summed E-state index contributed by atoms with van der Waals surface area (Å²) in [6.45, 7) is 5.71. The number of carbonyl (C=O) groups is 1. The Kier molecular flexibility index (Phi) is 5.35. The summed E-state index contributed by atoms with van der Waals surface area (Å²) < 4.78 is 0. The molecule has 2 rings (SSSR count). The number of pyridine rings is 1. The quantitative estimate of drug-likeness (QED) is 0.855. The standard InChI is InChI=1S/C15H24N4O/c1-3-17-14-7-6-12(9-18-14)10-19-8-4-5-13(11-19)15(20)16-2/h6-7,9,13H,3-5,8,10-11H2,1-2H3,(H,16,20)(H,17,18). The van der Waals surface area contributed by atoms with E-state index in [1.165, 1.54) is 5.56 Å². The minimum atomic E-state index is 0.128. The highest BCUT2D eigenvalue weighted by molar-refractivity contribution is 5.78. The fraction of sp³-hybridized carbons (Fsp3) is 0.600. The molecule has 1 aromatic heterocycles. The highest BCUT2D eigenvalue weighted by Crippen LogP contribution is 2.18. The maximum Gasteiger partial charge on any atom is 0.224 e. The SMILES string of the molecule is CCNc1ccc(CN2CCCC(C(=O)NC)C2)cn1. The maximum absolute atomic E-state index is 11.7. The lowest BCUT2D eigenvalue weighted by Crippen LogP contribution is -2.41. The molecule has 1 aliphatic heterocycles. The number of rotatable bonds is 5. The monoisotopic (exact) mass is 276 g/mol. The number of anilines is 1. The predicted molar refractivity (Wildman–Crippen MR) is 80.5 cm³/mol. The van der Waals surface area contributed by atoms with Gasteiger partial charge in [0.2, 0.25) is 5.91 Å². The Hall–Kier alpha value is -1.62. The molecule has 1 atom stereocenters. The van der Waals surface area contributed by atoms with Crippen molar-refractivity contribution < 1.29 is 4.79 Å². The minimum absolute atomic E-state index is 0.128. The van der Waals surface area contributed by atoms with E-state index in [2.05, 4.69) is 33.5 Å². The summed E-state index contributed by atoms with van der Waals surface area (Å²) in [5.41, 5.74) is 1.20. The summed E-state index contributed by atoms with van der Waals surface area (Å²) in [4.78, 5) is 18.5. The molecule has 0 radical (unpaired) electrons. The summed E-state index contributed by atoms with van der Waals surface area (Å²) >= 11 is 0. The van der Waals surface area contributed by atoms with Crippen LogP contribution in [0.1, 0.15) is 25.3 Å². The van der Waals surface area contributed by atoms with E-state index in [0.29, 0.717) is 0 Å². The number of hydrogen-bond acceptors (Lipinski definition) is 4. The highest BCUT2D eigenvalue weighted by Gasteiger charge is 2.24. The van der Waals surface area contributed by atoms with Crippen LogP contribution in [0, 0.1) is 5.92 Å². The molecule has 1 aliphatic rings. The van der Waals surface area contributed by atoms with Crippen LogP contribution in [0.2, 0.25) is 0 Å². The lowest BCUT2D eigenvalue weighted by molar-refractivity contribution is -0.126. The Morgan fingerprint density at radius 1 is 1.50 bits per heavy atom. The van der Waals surface area contributed by atoms with E-state index in [1.54, 1.807) is 7.05 Å². The second-order valence-corrected chi connectivity index (χ2v) is 5.27. The molecule has 5 nitrogen and oxygen atoms in total. The zero-order valence-electron chi connectivity index (χ0n) is 12.4. The van der Waals surface area contributed by atoms with Crippen molar-refractivity contribution in [1.82, 2.24) is 15.2 Å². The van der Waals surface area contributed by atoms with E-state index >= 15 is 0 Å². The van der Waals surface area contributed by atoms with Crippen LogP contribution >= 0.6 is 0 Å². The molecule has 1 saturated heterocycles. The third-order valence-electron chi connectivity index (χ3n) is 3.71. The number of aromatic nitrogens is 1. The van der Waals surface area contributed by atoms with Gasteiger partial charge in [-0.15, -0.1) is 0 Å². The van der Waals surface area contributed by atoms with Crippen molar-refractivity contribution in [3.63, 3.8) is 0 Å². The Balaban J connectivity index is 1.90. The molecule has 20 heavy (non-hydrogen) atoms. The average molecular weight is 276 g/mol. The van der Waals surface area contributed by atoms with Crippen LogP contribution in [0.3, 0.4) is 0 Å². The van der Waals surface area contributed by atoms with Crippen LogP contribution in [0.5, 0.6) is 0 Å². The van der Waals surface area contributed by atoms with Crippen molar-refractivity contribution in [2.75, 3.05) is 32.0 Å². The van der Waals surface area contributed by atoms with Crippen LogP contribution in [0.4, 0.5) is 5.82 Å². The van der Waals surface area contributed by atoms with Crippen molar-refractivity contribution in [2.45, 2.75) is 26.3 Å². The Morgan fingerprint density at radius 2 is 2.35 bits per heavy atom. The Morgan fingerprint density at radius 3 is 3.00 bits per heavy atom. The molecular formula is C15H24N4O. The van der Waals surface area contributed by atoms with Crippen LogP contribution in [-0.2, 0) is 11.3 Å². The summed E-state index contributed by atoms with van der Waals surface area (Å²) in [6.07, 6.45) is 4.00. The van der Waals surface area contributed by atoms with Gasteiger partial charge in [-0.05, 0) is 37.9 Å². The van der Waals surface area contributed by atoms with Gasteiger partial charge in [-0.1, -0.05) is 6.07 Å². The molecule has 1 unspecified atom stereocenters. The lowest BCUT2D eigenvalue weighted by atomic mass is 9.97.